The smallest absolute Gasteiger partial charge is 0.138 e. The molecule has 0 aliphatic carbocycles. The van der Waals surface area contributed by atoms with E-state index in [0.29, 0.717) is 37.7 Å². The molecule has 0 saturated heterocycles. The van der Waals surface area contributed by atoms with Crippen LogP contribution in [-0.2, 0) is 9.47 Å². The molecule has 18 heavy (non-hydrogen) atoms. The second kappa shape index (κ2) is 8.92. The average molecular weight is 314 g/mol. The van der Waals surface area contributed by atoms with Crippen molar-refractivity contribution in [2.24, 2.45) is 0 Å². The van der Waals surface area contributed by atoms with Gasteiger partial charge in [0.15, 0.2) is 0 Å². The highest BCUT2D eigenvalue weighted by Crippen LogP contribution is 2.25. The van der Waals surface area contributed by atoms with Gasteiger partial charge in [-0.2, -0.15) is 5.26 Å². The highest BCUT2D eigenvalue weighted by molar-refractivity contribution is 9.10. The van der Waals surface area contributed by atoms with E-state index in [9.17, 15) is 0 Å². The molecular weight excluding hydrogens is 298 g/mol. The fourth-order valence-electron chi connectivity index (χ4n) is 1.35. The molecule has 0 saturated carbocycles. The summed E-state index contributed by atoms with van der Waals surface area (Å²) in [5, 5.41) is 8.99. The molecule has 0 aliphatic rings. The van der Waals surface area contributed by atoms with Gasteiger partial charge in [0, 0.05) is 24.8 Å². The molecule has 98 valence electrons. The summed E-state index contributed by atoms with van der Waals surface area (Å²) in [6, 6.07) is 7.52. The third-order valence-electron chi connectivity index (χ3n) is 2.21. The maximum Gasteiger partial charge on any atom is 0.138 e. The fourth-order valence-corrected chi connectivity index (χ4v) is 1.79. The van der Waals surface area contributed by atoms with Gasteiger partial charge in [0.2, 0.25) is 0 Å². The lowest BCUT2D eigenvalue weighted by Crippen LogP contribution is -2.09. The van der Waals surface area contributed by atoms with E-state index in [1.807, 2.05) is 12.1 Å². The van der Waals surface area contributed by atoms with E-state index >= 15 is 0 Å². The second-order valence-electron chi connectivity index (χ2n) is 3.53. The first-order valence-corrected chi connectivity index (χ1v) is 6.47. The van der Waals surface area contributed by atoms with Gasteiger partial charge in [0.05, 0.1) is 6.61 Å². The molecular formula is C13H16BrNO3. The van der Waals surface area contributed by atoms with Gasteiger partial charge < -0.3 is 14.2 Å². The van der Waals surface area contributed by atoms with Gasteiger partial charge in [-0.1, -0.05) is 6.07 Å². The lowest BCUT2D eigenvalue weighted by Gasteiger charge is -2.09. The van der Waals surface area contributed by atoms with Crippen LogP contribution in [0.25, 0.3) is 0 Å². The summed E-state index contributed by atoms with van der Waals surface area (Å²) in [6.07, 6.45) is 0.872. The Labute approximate surface area is 116 Å². The van der Waals surface area contributed by atoms with Crippen molar-refractivity contribution < 1.29 is 14.2 Å². The van der Waals surface area contributed by atoms with E-state index in [0.717, 1.165) is 10.9 Å². The van der Waals surface area contributed by atoms with Crippen molar-refractivity contribution >= 4 is 15.9 Å². The van der Waals surface area contributed by atoms with Gasteiger partial charge in [-0.3, -0.25) is 0 Å². The predicted molar refractivity (Wildman–Crippen MR) is 71.7 cm³/mol. The van der Waals surface area contributed by atoms with Gasteiger partial charge in [-0.25, -0.2) is 0 Å². The second-order valence-corrected chi connectivity index (χ2v) is 4.39. The van der Waals surface area contributed by atoms with Gasteiger partial charge in [-0.05, 0) is 34.5 Å². The molecule has 0 unspecified atom stereocenters. The summed E-state index contributed by atoms with van der Waals surface area (Å²) >= 11 is 3.31. The minimum Gasteiger partial charge on any atom is -0.490 e. The van der Waals surface area contributed by atoms with E-state index in [2.05, 4.69) is 22.0 Å². The van der Waals surface area contributed by atoms with Gasteiger partial charge >= 0.3 is 0 Å². The fraction of sp³-hybridized carbons (Fsp3) is 0.462. The standard InChI is InChI=1S/C13H16BrNO3/c1-16-6-3-7-17-8-9-18-13-5-2-4-12(14)11(13)10-15/h2,4-5H,3,6-9H2,1H3. The highest BCUT2D eigenvalue weighted by atomic mass is 79.9. The molecule has 0 atom stereocenters. The number of ether oxygens (including phenoxy) is 3. The van der Waals surface area contributed by atoms with Gasteiger partial charge in [0.25, 0.3) is 0 Å². The van der Waals surface area contributed by atoms with Crippen LogP contribution in [0.3, 0.4) is 0 Å². The lowest BCUT2D eigenvalue weighted by molar-refractivity contribution is 0.0806. The Kier molecular flexibility index (Phi) is 7.42. The van der Waals surface area contributed by atoms with Crippen LogP contribution in [0.5, 0.6) is 5.75 Å². The minimum absolute atomic E-state index is 0.429. The molecule has 4 nitrogen and oxygen atoms in total. The van der Waals surface area contributed by atoms with E-state index in [1.54, 1.807) is 13.2 Å². The number of halogens is 1. The lowest BCUT2D eigenvalue weighted by atomic mass is 10.2. The number of nitrogens with zero attached hydrogens (tertiary/aromatic N) is 1. The molecule has 0 aromatic heterocycles. The summed E-state index contributed by atoms with van der Waals surface area (Å²) in [4.78, 5) is 0. The predicted octanol–water partition coefficient (Wildman–Crippen LogP) is 2.75. The van der Waals surface area contributed by atoms with E-state index in [4.69, 9.17) is 19.5 Å². The Morgan fingerprint density at radius 2 is 2.06 bits per heavy atom. The summed E-state index contributed by atoms with van der Waals surface area (Å²) in [5.41, 5.74) is 0.511. The van der Waals surface area contributed by atoms with Crippen LogP contribution in [0.2, 0.25) is 0 Å². The van der Waals surface area contributed by atoms with Crippen molar-refractivity contribution in [2.45, 2.75) is 6.42 Å². The van der Waals surface area contributed by atoms with Crippen LogP contribution in [0.4, 0.5) is 0 Å². The van der Waals surface area contributed by atoms with Crippen LogP contribution >= 0.6 is 15.9 Å². The molecule has 0 bridgehead atoms. The van der Waals surface area contributed by atoms with Crippen molar-refractivity contribution in [1.82, 2.24) is 0 Å². The Balaban J connectivity index is 2.28. The number of benzene rings is 1. The first kappa shape index (κ1) is 15.0. The number of hydrogen-bond donors (Lipinski definition) is 0. The molecule has 0 heterocycles. The van der Waals surface area contributed by atoms with Crippen molar-refractivity contribution in [2.75, 3.05) is 33.5 Å². The van der Waals surface area contributed by atoms with Crippen molar-refractivity contribution in [3.63, 3.8) is 0 Å². The zero-order valence-electron chi connectivity index (χ0n) is 10.3. The van der Waals surface area contributed by atoms with Crippen molar-refractivity contribution in [3.05, 3.63) is 28.2 Å². The van der Waals surface area contributed by atoms with Crippen LogP contribution in [0.1, 0.15) is 12.0 Å². The Morgan fingerprint density at radius 1 is 1.22 bits per heavy atom. The molecule has 0 N–H and O–H groups in total. The number of rotatable bonds is 8. The van der Waals surface area contributed by atoms with Crippen LogP contribution in [0, 0.1) is 11.3 Å². The summed E-state index contributed by atoms with van der Waals surface area (Å²) in [7, 11) is 1.67. The number of nitriles is 1. The average Bonchev–Trinajstić information content (AvgIpc) is 2.38. The maximum atomic E-state index is 8.99. The van der Waals surface area contributed by atoms with Crippen molar-refractivity contribution in [3.8, 4) is 11.8 Å². The van der Waals surface area contributed by atoms with Crippen LogP contribution in [-0.4, -0.2) is 33.5 Å². The quantitative estimate of drug-likeness (QED) is 0.692. The van der Waals surface area contributed by atoms with Crippen LogP contribution in [0.15, 0.2) is 22.7 Å². The molecule has 0 amide bonds. The largest absolute Gasteiger partial charge is 0.490 e. The van der Waals surface area contributed by atoms with Crippen molar-refractivity contribution in [1.29, 1.82) is 5.26 Å². The Hall–Kier alpha value is -1.09. The summed E-state index contributed by atoms with van der Waals surface area (Å²) in [6.45, 7) is 2.28. The first-order chi connectivity index (χ1) is 8.79. The minimum atomic E-state index is 0.429. The zero-order chi connectivity index (χ0) is 13.2. The molecule has 1 aromatic carbocycles. The molecule has 1 rings (SSSR count). The first-order valence-electron chi connectivity index (χ1n) is 5.67. The van der Waals surface area contributed by atoms with E-state index in [-0.39, 0.29) is 0 Å². The van der Waals surface area contributed by atoms with E-state index < -0.39 is 0 Å². The molecule has 5 heteroatoms. The normalized spacial score (nSPS) is 10.1. The molecule has 1 aromatic rings. The zero-order valence-corrected chi connectivity index (χ0v) is 11.9. The molecule has 0 aliphatic heterocycles. The van der Waals surface area contributed by atoms with Gasteiger partial charge in [-0.15, -0.1) is 0 Å². The maximum absolute atomic E-state index is 8.99. The Bertz CT molecular complexity index is 404. The topological polar surface area (TPSA) is 51.5 Å². The van der Waals surface area contributed by atoms with Gasteiger partial charge in [0.1, 0.15) is 24.0 Å². The SMILES string of the molecule is COCCCOCCOc1cccc(Br)c1C#N. The van der Waals surface area contributed by atoms with E-state index in [1.165, 1.54) is 0 Å². The number of methoxy groups -OCH3 is 1. The Morgan fingerprint density at radius 3 is 2.78 bits per heavy atom. The summed E-state index contributed by atoms with van der Waals surface area (Å²) < 4.78 is 16.5. The highest BCUT2D eigenvalue weighted by Gasteiger charge is 2.06. The number of hydrogen-bond acceptors (Lipinski definition) is 4. The third kappa shape index (κ3) is 5.05. The molecule has 0 spiro atoms. The van der Waals surface area contributed by atoms with Crippen LogP contribution < -0.4 is 4.74 Å². The monoisotopic (exact) mass is 313 g/mol. The molecule has 0 radical (unpaired) electrons. The molecule has 0 fully saturated rings. The summed E-state index contributed by atoms with van der Waals surface area (Å²) in [5.74, 6) is 0.576. The third-order valence-corrected chi connectivity index (χ3v) is 2.87.